The molecule has 6 nitrogen and oxygen atoms in total. The highest BCUT2D eigenvalue weighted by molar-refractivity contribution is 6.06. The molecular weight excluding hydrogens is 301 g/mol. The van der Waals surface area contributed by atoms with Crippen LogP contribution in [-0.4, -0.2) is 18.4 Å². The van der Waals surface area contributed by atoms with Crippen LogP contribution in [0.1, 0.15) is 20.7 Å². The number of primary amides is 1. The number of hydrogen-bond donors (Lipinski definition) is 2. The summed E-state index contributed by atoms with van der Waals surface area (Å²) in [4.78, 5) is 23.4. The van der Waals surface area contributed by atoms with Crippen LogP contribution in [0, 0.1) is 17.1 Å². The molecule has 0 aliphatic rings. The SMILES string of the molecule is N#CCOc1ccccc1C(=O)Nc1ccc(F)c(C(N)=O)c1. The van der Waals surface area contributed by atoms with Gasteiger partial charge in [-0.3, -0.25) is 9.59 Å². The molecule has 0 fully saturated rings. The Labute approximate surface area is 131 Å². The number of para-hydroxylation sites is 1. The van der Waals surface area contributed by atoms with E-state index in [2.05, 4.69) is 5.32 Å². The van der Waals surface area contributed by atoms with Crippen molar-refractivity contribution in [3.05, 3.63) is 59.4 Å². The number of nitrogens with two attached hydrogens (primary N) is 1. The standard InChI is InChI=1S/C16H12FN3O3/c17-13-6-5-10(9-12(13)15(19)21)20-16(22)11-3-1-2-4-14(11)23-8-7-18/h1-6,9H,8H2,(H2,19,21)(H,20,22). The van der Waals surface area contributed by atoms with Crippen molar-refractivity contribution in [3.8, 4) is 11.8 Å². The number of benzene rings is 2. The zero-order valence-electron chi connectivity index (χ0n) is 11.9. The molecule has 23 heavy (non-hydrogen) atoms. The van der Waals surface area contributed by atoms with Crippen LogP contribution in [0.15, 0.2) is 42.5 Å². The van der Waals surface area contributed by atoms with Gasteiger partial charge in [0.1, 0.15) is 17.6 Å². The van der Waals surface area contributed by atoms with Gasteiger partial charge in [-0.15, -0.1) is 0 Å². The normalized spacial score (nSPS) is 9.74. The van der Waals surface area contributed by atoms with Crippen molar-refractivity contribution in [1.82, 2.24) is 0 Å². The quantitative estimate of drug-likeness (QED) is 0.881. The van der Waals surface area contributed by atoms with E-state index >= 15 is 0 Å². The van der Waals surface area contributed by atoms with E-state index in [0.29, 0.717) is 0 Å². The summed E-state index contributed by atoms with van der Waals surface area (Å²) in [6, 6.07) is 11.7. The highest BCUT2D eigenvalue weighted by Crippen LogP contribution is 2.21. The lowest BCUT2D eigenvalue weighted by molar-refractivity contribution is 0.0992. The fourth-order valence-electron chi connectivity index (χ4n) is 1.88. The second kappa shape index (κ2) is 7.04. The van der Waals surface area contributed by atoms with Gasteiger partial charge in [0.15, 0.2) is 6.61 Å². The predicted octanol–water partition coefficient (Wildman–Crippen LogP) is 2.08. The van der Waals surface area contributed by atoms with Gasteiger partial charge in [0.25, 0.3) is 11.8 Å². The van der Waals surface area contributed by atoms with Crippen LogP contribution < -0.4 is 15.8 Å². The summed E-state index contributed by atoms with van der Waals surface area (Å²) < 4.78 is 18.6. The fourth-order valence-corrected chi connectivity index (χ4v) is 1.88. The molecule has 2 aromatic rings. The number of nitriles is 1. The Balaban J connectivity index is 2.25. The summed E-state index contributed by atoms with van der Waals surface area (Å²) >= 11 is 0. The average Bonchev–Trinajstić information content (AvgIpc) is 2.54. The molecule has 0 bridgehead atoms. The number of rotatable bonds is 5. The molecule has 2 aromatic carbocycles. The maximum absolute atomic E-state index is 13.4. The second-order valence-corrected chi connectivity index (χ2v) is 4.46. The molecule has 3 N–H and O–H groups in total. The van der Waals surface area contributed by atoms with Crippen LogP contribution in [0.4, 0.5) is 10.1 Å². The fraction of sp³-hybridized carbons (Fsp3) is 0.0625. The van der Waals surface area contributed by atoms with Gasteiger partial charge in [-0.05, 0) is 30.3 Å². The van der Waals surface area contributed by atoms with Crippen LogP contribution >= 0.6 is 0 Å². The van der Waals surface area contributed by atoms with E-state index in [1.807, 2.05) is 6.07 Å². The molecule has 0 aromatic heterocycles. The maximum Gasteiger partial charge on any atom is 0.259 e. The highest BCUT2D eigenvalue weighted by atomic mass is 19.1. The minimum atomic E-state index is -0.934. The smallest absolute Gasteiger partial charge is 0.259 e. The average molecular weight is 313 g/mol. The molecule has 7 heteroatoms. The number of ether oxygens (including phenoxy) is 1. The summed E-state index contributed by atoms with van der Waals surface area (Å²) in [5.41, 5.74) is 5.15. The molecule has 116 valence electrons. The molecule has 0 saturated heterocycles. The van der Waals surface area contributed by atoms with Gasteiger partial charge in [-0.2, -0.15) is 5.26 Å². The summed E-state index contributed by atoms with van der Waals surface area (Å²) in [7, 11) is 0. The molecule has 2 rings (SSSR count). The van der Waals surface area contributed by atoms with E-state index in [9.17, 15) is 14.0 Å². The summed E-state index contributed by atoms with van der Waals surface area (Å²) in [6.07, 6.45) is 0. The molecule has 0 aliphatic carbocycles. The van der Waals surface area contributed by atoms with Crippen molar-refractivity contribution < 1.29 is 18.7 Å². The van der Waals surface area contributed by atoms with Crippen LogP contribution in [0.5, 0.6) is 5.75 Å². The van der Waals surface area contributed by atoms with Crippen molar-refractivity contribution in [2.24, 2.45) is 5.73 Å². The largest absolute Gasteiger partial charge is 0.478 e. The Bertz CT molecular complexity index is 799. The van der Waals surface area contributed by atoms with Gasteiger partial charge in [0, 0.05) is 5.69 Å². The first kappa shape index (κ1) is 16.0. The number of anilines is 1. The first-order valence-electron chi connectivity index (χ1n) is 6.52. The monoisotopic (exact) mass is 313 g/mol. The molecule has 0 saturated carbocycles. The van der Waals surface area contributed by atoms with Gasteiger partial charge >= 0.3 is 0 Å². The Morgan fingerprint density at radius 2 is 1.96 bits per heavy atom. The lowest BCUT2D eigenvalue weighted by atomic mass is 10.1. The van der Waals surface area contributed by atoms with Crippen LogP contribution in [0.3, 0.4) is 0 Å². The third-order valence-electron chi connectivity index (χ3n) is 2.91. The van der Waals surface area contributed by atoms with Crippen LogP contribution in [0.25, 0.3) is 0 Å². The molecule has 0 heterocycles. The lowest BCUT2D eigenvalue weighted by Crippen LogP contribution is -2.16. The van der Waals surface area contributed by atoms with Crippen molar-refractivity contribution in [2.45, 2.75) is 0 Å². The molecule has 0 radical (unpaired) electrons. The molecule has 0 spiro atoms. The van der Waals surface area contributed by atoms with Crippen LogP contribution in [0.2, 0.25) is 0 Å². The molecule has 0 aliphatic heterocycles. The van der Waals surface area contributed by atoms with E-state index < -0.39 is 17.6 Å². The number of nitrogens with one attached hydrogen (secondary N) is 1. The zero-order valence-corrected chi connectivity index (χ0v) is 11.9. The number of hydrogen-bond acceptors (Lipinski definition) is 4. The number of carbonyl (C=O) groups is 2. The van der Waals surface area contributed by atoms with E-state index in [4.69, 9.17) is 15.7 Å². The Morgan fingerprint density at radius 1 is 1.22 bits per heavy atom. The van der Waals surface area contributed by atoms with Crippen LogP contribution in [-0.2, 0) is 0 Å². The number of halogens is 1. The Morgan fingerprint density at radius 3 is 2.65 bits per heavy atom. The van der Waals surface area contributed by atoms with E-state index in [0.717, 1.165) is 12.1 Å². The zero-order chi connectivity index (χ0) is 16.8. The summed E-state index contributed by atoms with van der Waals surface area (Å²) in [6.45, 7) is -0.202. The van der Waals surface area contributed by atoms with E-state index in [1.54, 1.807) is 18.2 Å². The molecule has 0 atom stereocenters. The predicted molar refractivity (Wildman–Crippen MR) is 80.4 cm³/mol. The van der Waals surface area contributed by atoms with Gasteiger partial charge < -0.3 is 15.8 Å². The van der Waals surface area contributed by atoms with Crippen molar-refractivity contribution in [3.63, 3.8) is 0 Å². The van der Waals surface area contributed by atoms with Crippen molar-refractivity contribution in [1.29, 1.82) is 5.26 Å². The molecule has 2 amide bonds. The maximum atomic E-state index is 13.4. The minimum Gasteiger partial charge on any atom is -0.478 e. The topological polar surface area (TPSA) is 105 Å². The third kappa shape index (κ3) is 3.83. The minimum absolute atomic E-state index is 0.202. The third-order valence-corrected chi connectivity index (χ3v) is 2.91. The lowest BCUT2D eigenvalue weighted by Gasteiger charge is -2.10. The van der Waals surface area contributed by atoms with Gasteiger partial charge in [0.05, 0.1) is 11.1 Å². The summed E-state index contributed by atoms with van der Waals surface area (Å²) in [5, 5.41) is 11.1. The van der Waals surface area contributed by atoms with Gasteiger partial charge in [0.2, 0.25) is 0 Å². The second-order valence-electron chi connectivity index (χ2n) is 4.46. The molecule has 0 unspecified atom stereocenters. The van der Waals surface area contributed by atoms with Crippen molar-refractivity contribution in [2.75, 3.05) is 11.9 Å². The first-order valence-corrected chi connectivity index (χ1v) is 6.52. The van der Waals surface area contributed by atoms with Crippen molar-refractivity contribution >= 4 is 17.5 Å². The van der Waals surface area contributed by atoms with E-state index in [-0.39, 0.29) is 29.2 Å². The first-order chi connectivity index (χ1) is 11.0. The number of carbonyl (C=O) groups excluding carboxylic acids is 2. The van der Waals surface area contributed by atoms with Gasteiger partial charge in [-0.25, -0.2) is 4.39 Å². The van der Waals surface area contributed by atoms with E-state index in [1.165, 1.54) is 12.1 Å². The number of amides is 2. The summed E-state index contributed by atoms with van der Waals surface area (Å²) in [5.74, 6) is -1.99. The Hall–Kier alpha value is -3.40. The molecular formula is C16H12FN3O3. The highest BCUT2D eigenvalue weighted by Gasteiger charge is 2.14. The van der Waals surface area contributed by atoms with Gasteiger partial charge in [-0.1, -0.05) is 12.1 Å². The Kier molecular flexibility index (Phi) is 4.89. The number of nitrogens with zero attached hydrogens (tertiary/aromatic N) is 1.